The molecule has 0 fully saturated rings. The minimum absolute atomic E-state index is 0.339. The number of halogens is 4. The number of nitrogens with zero attached hydrogens (tertiary/aromatic N) is 2. The van der Waals surface area contributed by atoms with Crippen LogP contribution in [0.15, 0.2) is 24.3 Å². The lowest BCUT2D eigenvalue weighted by atomic mass is 10.1. The van der Waals surface area contributed by atoms with Crippen molar-refractivity contribution in [3.8, 4) is 6.07 Å². The molecule has 0 N–H and O–H groups in total. The molecule has 0 spiro atoms. The summed E-state index contributed by atoms with van der Waals surface area (Å²) in [5.41, 5.74) is 0.848. The SMILES string of the molecule is CN(Cc1ccc(Cl)cc1)CC(C#N)C(F)(F)F. The maximum atomic E-state index is 12.4. The van der Waals surface area contributed by atoms with Gasteiger partial charge in [-0.1, -0.05) is 23.7 Å². The van der Waals surface area contributed by atoms with E-state index in [0.29, 0.717) is 11.6 Å². The van der Waals surface area contributed by atoms with E-state index in [9.17, 15) is 13.2 Å². The van der Waals surface area contributed by atoms with Crippen LogP contribution in [0.5, 0.6) is 0 Å². The van der Waals surface area contributed by atoms with Gasteiger partial charge in [0.05, 0.1) is 6.07 Å². The molecule has 1 atom stereocenters. The molecule has 0 aliphatic carbocycles. The summed E-state index contributed by atoms with van der Waals surface area (Å²) in [4.78, 5) is 1.46. The second-order valence-electron chi connectivity index (χ2n) is 4.05. The summed E-state index contributed by atoms with van der Waals surface area (Å²) in [5, 5.41) is 9.07. The molecule has 0 aliphatic heterocycles. The molecule has 18 heavy (non-hydrogen) atoms. The van der Waals surface area contributed by atoms with E-state index in [1.54, 1.807) is 31.3 Å². The number of hydrogen-bond donors (Lipinski definition) is 0. The molecule has 0 heterocycles. The molecular formula is C12H12ClF3N2. The summed E-state index contributed by atoms with van der Waals surface area (Å²) in [6, 6.07) is 8.12. The lowest BCUT2D eigenvalue weighted by Gasteiger charge is -2.21. The van der Waals surface area contributed by atoms with Crippen LogP contribution in [0.1, 0.15) is 5.56 Å². The Bertz CT molecular complexity index is 422. The smallest absolute Gasteiger partial charge is 0.300 e. The molecule has 2 nitrogen and oxygen atoms in total. The Labute approximate surface area is 109 Å². The summed E-state index contributed by atoms with van der Waals surface area (Å²) in [6.07, 6.45) is -4.48. The molecule has 6 heteroatoms. The third kappa shape index (κ3) is 4.55. The second kappa shape index (κ2) is 6.07. The zero-order valence-electron chi connectivity index (χ0n) is 9.71. The molecule has 0 amide bonds. The molecule has 0 saturated heterocycles. The summed E-state index contributed by atoms with van der Waals surface area (Å²) >= 11 is 5.71. The number of rotatable bonds is 4. The van der Waals surface area contributed by atoms with Crippen LogP contribution in [0, 0.1) is 17.2 Å². The predicted octanol–water partition coefficient (Wildman–Crippen LogP) is 3.47. The maximum Gasteiger partial charge on any atom is 0.405 e. The minimum Gasteiger partial charge on any atom is -0.300 e. The van der Waals surface area contributed by atoms with Crippen molar-refractivity contribution in [3.63, 3.8) is 0 Å². The van der Waals surface area contributed by atoms with Gasteiger partial charge in [0.15, 0.2) is 5.92 Å². The predicted molar refractivity (Wildman–Crippen MR) is 62.9 cm³/mol. The second-order valence-corrected chi connectivity index (χ2v) is 4.48. The highest BCUT2D eigenvalue weighted by molar-refractivity contribution is 6.30. The normalized spacial score (nSPS) is 13.4. The van der Waals surface area contributed by atoms with Crippen molar-refractivity contribution in [1.29, 1.82) is 5.26 Å². The largest absolute Gasteiger partial charge is 0.405 e. The monoisotopic (exact) mass is 276 g/mol. The van der Waals surface area contributed by atoms with E-state index in [-0.39, 0.29) is 6.54 Å². The fourth-order valence-electron chi connectivity index (χ4n) is 1.50. The van der Waals surface area contributed by atoms with Crippen LogP contribution >= 0.6 is 11.6 Å². The number of hydrogen-bond acceptors (Lipinski definition) is 2. The van der Waals surface area contributed by atoms with Crippen LogP contribution in [0.2, 0.25) is 5.02 Å². The molecule has 1 rings (SSSR count). The van der Waals surface area contributed by atoms with E-state index in [1.807, 2.05) is 0 Å². The fourth-order valence-corrected chi connectivity index (χ4v) is 1.62. The molecule has 1 unspecified atom stereocenters. The molecule has 1 aromatic rings. The van der Waals surface area contributed by atoms with Crippen LogP contribution in [0.4, 0.5) is 13.2 Å². The lowest BCUT2D eigenvalue weighted by Crippen LogP contribution is -2.33. The first-order valence-electron chi connectivity index (χ1n) is 5.22. The first-order valence-corrected chi connectivity index (χ1v) is 5.60. The fraction of sp³-hybridized carbons (Fsp3) is 0.417. The van der Waals surface area contributed by atoms with Crippen molar-refractivity contribution >= 4 is 11.6 Å². The van der Waals surface area contributed by atoms with E-state index >= 15 is 0 Å². The first-order chi connectivity index (χ1) is 8.32. The number of benzene rings is 1. The number of alkyl halides is 3. The topological polar surface area (TPSA) is 27.0 Å². The Morgan fingerprint density at radius 2 is 1.89 bits per heavy atom. The molecular weight excluding hydrogens is 265 g/mol. The van der Waals surface area contributed by atoms with Crippen LogP contribution < -0.4 is 0 Å². The molecule has 0 saturated carbocycles. The quantitative estimate of drug-likeness (QED) is 0.842. The van der Waals surface area contributed by atoms with Crippen LogP contribution in [-0.4, -0.2) is 24.7 Å². The zero-order valence-corrected chi connectivity index (χ0v) is 10.5. The van der Waals surface area contributed by atoms with Gasteiger partial charge < -0.3 is 4.90 Å². The molecule has 0 aromatic heterocycles. The van der Waals surface area contributed by atoms with E-state index < -0.39 is 12.1 Å². The van der Waals surface area contributed by atoms with E-state index in [0.717, 1.165) is 5.56 Å². The van der Waals surface area contributed by atoms with Crippen molar-refractivity contribution in [2.75, 3.05) is 13.6 Å². The highest BCUT2D eigenvalue weighted by atomic mass is 35.5. The van der Waals surface area contributed by atoms with Gasteiger partial charge in [0.2, 0.25) is 0 Å². The van der Waals surface area contributed by atoms with Gasteiger partial charge in [0.25, 0.3) is 0 Å². The third-order valence-corrected chi connectivity index (χ3v) is 2.66. The molecule has 0 aliphatic rings. The molecule has 0 bridgehead atoms. The van der Waals surface area contributed by atoms with Crippen LogP contribution in [-0.2, 0) is 6.54 Å². The highest BCUT2D eigenvalue weighted by Crippen LogP contribution is 2.26. The van der Waals surface area contributed by atoms with Crippen molar-refractivity contribution in [2.45, 2.75) is 12.7 Å². The van der Waals surface area contributed by atoms with E-state index in [1.165, 1.54) is 11.0 Å². The van der Waals surface area contributed by atoms with Gasteiger partial charge in [-0.2, -0.15) is 18.4 Å². The van der Waals surface area contributed by atoms with Gasteiger partial charge in [-0.25, -0.2) is 0 Å². The Hall–Kier alpha value is -1.25. The van der Waals surface area contributed by atoms with Crippen molar-refractivity contribution in [3.05, 3.63) is 34.9 Å². The van der Waals surface area contributed by atoms with Crippen LogP contribution in [0.25, 0.3) is 0 Å². The Morgan fingerprint density at radius 3 is 2.33 bits per heavy atom. The Balaban J connectivity index is 2.59. The average Bonchev–Trinajstić information content (AvgIpc) is 2.27. The van der Waals surface area contributed by atoms with Gasteiger partial charge in [0, 0.05) is 18.1 Å². The molecule has 1 aromatic carbocycles. The zero-order chi connectivity index (χ0) is 13.8. The molecule has 98 valence electrons. The lowest BCUT2D eigenvalue weighted by molar-refractivity contribution is -0.162. The maximum absolute atomic E-state index is 12.4. The van der Waals surface area contributed by atoms with Gasteiger partial charge in [-0.05, 0) is 24.7 Å². The van der Waals surface area contributed by atoms with E-state index in [4.69, 9.17) is 16.9 Å². The standard InChI is InChI=1S/C12H12ClF3N2/c1-18(8-10(6-17)12(14,15)16)7-9-2-4-11(13)5-3-9/h2-5,10H,7-8H2,1H3. The summed E-state index contributed by atoms with van der Waals surface area (Å²) in [5.74, 6) is -1.96. The average molecular weight is 277 g/mol. The van der Waals surface area contributed by atoms with Crippen molar-refractivity contribution in [1.82, 2.24) is 4.90 Å². The Kier molecular flexibility index (Phi) is 5.00. The molecule has 0 radical (unpaired) electrons. The van der Waals surface area contributed by atoms with Gasteiger partial charge >= 0.3 is 6.18 Å². The van der Waals surface area contributed by atoms with Crippen molar-refractivity contribution in [2.24, 2.45) is 5.92 Å². The summed E-state index contributed by atoms with van der Waals surface area (Å²) in [7, 11) is 1.55. The van der Waals surface area contributed by atoms with Crippen LogP contribution in [0.3, 0.4) is 0 Å². The Morgan fingerprint density at radius 1 is 1.33 bits per heavy atom. The van der Waals surface area contributed by atoms with Gasteiger partial charge in [0.1, 0.15) is 0 Å². The highest BCUT2D eigenvalue weighted by Gasteiger charge is 2.40. The van der Waals surface area contributed by atoms with Gasteiger partial charge in [-0.15, -0.1) is 0 Å². The van der Waals surface area contributed by atoms with Gasteiger partial charge in [-0.3, -0.25) is 0 Å². The third-order valence-electron chi connectivity index (χ3n) is 2.41. The van der Waals surface area contributed by atoms with E-state index in [2.05, 4.69) is 0 Å². The minimum atomic E-state index is -4.48. The first kappa shape index (κ1) is 14.8. The summed E-state index contributed by atoms with van der Waals surface area (Å²) < 4.78 is 37.2. The summed E-state index contributed by atoms with van der Waals surface area (Å²) in [6.45, 7) is -0.00590. The van der Waals surface area contributed by atoms with Crippen molar-refractivity contribution < 1.29 is 13.2 Å². The number of nitriles is 1.